The molecule has 7 heteroatoms. The number of nitrogens with zero attached hydrogens (tertiary/aromatic N) is 1. The molecule has 2 aromatic carbocycles. The number of carbonyl (C=O) groups excluding carboxylic acids is 1. The van der Waals surface area contributed by atoms with Gasteiger partial charge in [-0.3, -0.25) is 19.6 Å². The summed E-state index contributed by atoms with van der Waals surface area (Å²) in [4.78, 5) is 23.7. The highest BCUT2D eigenvalue weighted by molar-refractivity contribution is 7.97. The van der Waals surface area contributed by atoms with Crippen molar-refractivity contribution in [3.8, 4) is 0 Å². The van der Waals surface area contributed by atoms with Crippen LogP contribution in [0.15, 0.2) is 35.2 Å². The zero-order valence-electron chi connectivity index (χ0n) is 15.6. The van der Waals surface area contributed by atoms with Gasteiger partial charge in [-0.2, -0.15) is 0 Å². The van der Waals surface area contributed by atoms with Crippen molar-refractivity contribution in [1.29, 1.82) is 0 Å². The second-order valence-electron chi connectivity index (χ2n) is 7.28. The van der Waals surface area contributed by atoms with E-state index in [4.69, 9.17) is 0 Å². The molecule has 0 spiro atoms. The molecule has 146 valence electrons. The minimum Gasteiger partial charge on any atom is -0.326 e. The lowest BCUT2D eigenvalue weighted by atomic mass is 9.98. The highest BCUT2D eigenvalue weighted by Gasteiger charge is 2.24. The van der Waals surface area contributed by atoms with Crippen LogP contribution in [0.1, 0.15) is 41.5 Å². The normalized spacial score (nSPS) is 14.6. The van der Waals surface area contributed by atoms with E-state index in [-0.39, 0.29) is 11.6 Å². The van der Waals surface area contributed by atoms with Crippen molar-refractivity contribution >= 4 is 29.2 Å². The SMILES string of the molecule is O=C(CCNSc1ccc([N+](=O)[O-])cc1)Nc1c2c(cc3c1CCC3)CCC2. The number of amides is 1. The molecule has 2 aliphatic rings. The molecule has 2 aliphatic carbocycles. The Morgan fingerprint density at radius 3 is 2.29 bits per heavy atom. The van der Waals surface area contributed by atoms with Gasteiger partial charge in [-0.25, -0.2) is 0 Å². The van der Waals surface area contributed by atoms with Gasteiger partial charge in [0.1, 0.15) is 0 Å². The van der Waals surface area contributed by atoms with Gasteiger partial charge in [-0.05, 0) is 84.9 Å². The van der Waals surface area contributed by atoms with Gasteiger partial charge in [0.25, 0.3) is 5.69 Å². The fourth-order valence-electron chi connectivity index (χ4n) is 4.10. The number of nitro groups is 1. The molecular weight excluding hydrogens is 374 g/mol. The van der Waals surface area contributed by atoms with Gasteiger partial charge in [-0.15, -0.1) is 0 Å². The van der Waals surface area contributed by atoms with Crippen LogP contribution in [-0.4, -0.2) is 17.4 Å². The molecule has 0 saturated carbocycles. The van der Waals surface area contributed by atoms with Gasteiger partial charge in [0.2, 0.25) is 5.91 Å². The van der Waals surface area contributed by atoms with E-state index in [0.717, 1.165) is 36.3 Å². The number of hydrogen-bond donors (Lipinski definition) is 2. The molecule has 0 radical (unpaired) electrons. The number of nitro benzene ring substituents is 1. The molecule has 6 nitrogen and oxygen atoms in total. The molecule has 0 heterocycles. The van der Waals surface area contributed by atoms with Crippen molar-refractivity contribution in [3.05, 3.63) is 62.7 Å². The van der Waals surface area contributed by atoms with Gasteiger partial charge < -0.3 is 5.32 Å². The average Bonchev–Trinajstić information content (AvgIpc) is 3.34. The van der Waals surface area contributed by atoms with Crippen molar-refractivity contribution in [3.63, 3.8) is 0 Å². The Bertz CT molecular complexity index is 880. The lowest BCUT2D eigenvalue weighted by Crippen LogP contribution is -2.19. The van der Waals surface area contributed by atoms with E-state index in [1.165, 1.54) is 59.2 Å². The van der Waals surface area contributed by atoms with E-state index < -0.39 is 4.92 Å². The first-order valence-electron chi connectivity index (χ1n) is 9.72. The Hall–Kier alpha value is -2.38. The zero-order valence-corrected chi connectivity index (χ0v) is 16.4. The summed E-state index contributed by atoms with van der Waals surface area (Å²) in [5.74, 6) is 0.0335. The van der Waals surface area contributed by atoms with Crippen molar-refractivity contribution in [2.24, 2.45) is 0 Å². The molecule has 0 unspecified atom stereocenters. The Kier molecular flexibility index (Phi) is 5.64. The molecule has 0 bridgehead atoms. The summed E-state index contributed by atoms with van der Waals surface area (Å²) in [6.45, 7) is 0.532. The first-order valence-corrected chi connectivity index (χ1v) is 10.5. The van der Waals surface area contributed by atoms with Crippen molar-refractivity contribution in [2.75, 3.05) is 11.9 Å². The number of benzene rings is 2. The summed E-state index contributed by atoms with van der Waals surface area (Å²) in [6.07, 6.45) is 7.11. The summed E-state index contributed by atoms with van der Waals surface area (Å²) in [5, 5.41) is 13.9. The van der Waals surface area contributed by atoms with Crippen LogP contribution in [0.25, 0.3) is 0 Å². The van der Waals surface area contributed by atoms with Crippen LogP contribution < -0.4 is 10.0 Å². The Morgan fingerprint density at radius 2 is 1.68 bits per heavy atom. The number of aryl methyl sites for hydroxylation is 2. The molecule has 4 rings (SSSR count). The standard InChI is InChI=1S/C21H23N3O3S/c25-20(11-12-22-28-17-9-7-16(8-10-17)24(26)27)23-21-18-5-1-3-14(18)13-15-4-2-6-19(15)21/h7-10,13,22H,1-6,11-12H2,(H,23,25). The molecule has 0 fully saturated rings. The summed E-state index contributed by atoms with van der Waals surface area (Å²) >= 11 is 1.38. The van der Waals surface area contributed by atoms with Crippen LogP contribution in [0.2, 0.25) is 0 Å². The van der Waals surface area contributed by atoms with Crippen molar-refractivity contribution in [2.45, 2.75) is 49.8 Å². The number of non-ortho nitro benzene ring substituents is 1. The number of nitrogens with one attached hydrogen (secondary N) is 2. The number of rotatable bonds is 7. The first-order chi connectivity index (χ1) is 13.6. The molecule has 0 aliphatic heterocycles. The average molecular weight is 398 g/mol. The number of carbonyl (C=O) groups is 1. The molecule has 0 aromatic heterocycles. The fraction of sp³-hybridized carbons (Fsp3) is 0.381. The van der Waals surface area contributed by atoms with E-state index in [1.54, 1.807) is 12.1 Å². The molecular formula is C21H23N3O3S. The lowest BCUT2D eigenvalue weighted by Gasteiger charge is -2.16. The van der Waals surface area contributed by atoms with Crippen LogP contribution in [0, 0.1) is 10.1 Å². The summed E-state index contributed by atoms with van der Waals surface area (Å²) in [5.41, 5.74) is 6.71. The predicted octanol–water partition coefficient (Wildman–Crippen LogP) is 4.20. The van der Waals surface area contributed by atoms with Crippen LogP contribution in [-0.2, 0) is 30.5 Å². The predicted molar refractivity (Wildman–Crippen MR) is 111 cm³/mol. The number of fused-ring (bicyclic) bond motifs is 2. The third-order valence-electron chi connectivity index (χ3n) is 5.43. The van der Waals surface area contributed by atoms with E-state index in [9.17, 15) is 14.9 Å². The second-order valence-corrected chi connectivity index (χ2v) is 8.24. The van der Waals surface area contributed by atoms with Gasteiger partial charge in [0, 0.05) is 35.7 Å². The van der Waals surface area contributed by atoms with Gasteiger partial charge in [0.15, 0.2) is 0 Å². The maximum atomic E-state index is 12.5. The van der Waals surface area contributed by atoms with E-state index >= 15 is 0 Å². The third kappa shape index (κ3) is 4.05. The molecule has 0 saturated heterocycles. The Morgan fingerprint density at radius 1 is 1.04 bits per heavy atom. The smallest absolute Gasteiger partial charge is 0.269 e. The minimum atomic E-state index is -0.413. The largest absolute Gasteiger partial charge is 0.326 e. The van der Waals surface area contributed by atoms with Crippen molar-refractivity contribution < 1.29 is 9.72 Å². The zero-order chi connectivity index (χ0) is 19.5. The monoisotopic (exact) mass is 397 g/mol. The van der Waals surface area contributed by atoms with E-state index in [1.807, 2.05) is 0 Å². The maximum absolute atomic E-state index is 12.5. The second kappa shape index (κ2) is 8.32. The van der Waals surface area contributed by atoms with Crippen LogP contribution in [0.4, 0.5) is 11.4 Å². The highest BCUT2D eigenvalue weighted by atomic mass is 32.2. The molecule has 0 atom stereocenters. The Balaban J connectivity index is 1.30. The van der Waals surface area contributed by atoms with Gasteiger partial charge >= 0.3 is 0 Å². The lowest BCUT2D eigenvalue weighted by molar-refractivity contribution is -0.384. The number of hydrogen-bond acceptors (Lipinski definition) is 5. The third-order valence-corrected chi connectivity index (χ3v) is 6.29. The fourth-order valence-corrected chi connectivity index (χ4v) is 4.75. The maximum Gasteiger partial charge on any atom is 0.269 e. The van der Waals surface area contributed by atoms with Crippen LogP contribution >= 0.6 is 11.9 Å². The van der Waals surface area contributed by atoms with E-state index in [0.29, 0.717) is 13.0 Å². The molecule has 2 N–H and O–H groups in total. The summed E-state index contributed by atoms with van der Waals surface area (Å²) in [6, 6.07) is 8.72. The minimum absolute atomic E-state index is 0.0335. The summed E-state index contributed by atoms with van der Waals surface area (Å²) in [7, 11) is 0. The molecule has 28 heavy (non-hydrogen) atoms. The van der Waals surface area contributed by atoms with Gasteiger partial charge in [0.05, 0.1) is 4.92 Å². The van der Waals surface area contributed by atoms with Crippen molar-refractivity contribution in [1.82, 2.24) is 4.72 Å². The van der Waals surface area contributed by atoms with E-state index in [2.05, 4.69) is 16.1 Å². The highest BCUT2D eigenvalue weighted by Crippen LogP contribution is 2.38. The quantitative estimate of drug-likeness (QED) is 0.317. The number of anilines is 1. The molecule has 2 aromatic rings. The topological polar surface area (TPSA) is 84.3 Å². The first kappa shape index (κ1) is 19.0. The summed E-state index contributed by atoms with van der Waals surface area (Å²) < 4.78 is 3.16. The van der Waals surface area contributed by atoms with Crippen LogP contribution in [0.3, 0.4) is 0 Å². The van der Waals surface area contributed by atoms with Gasteiger partial charge in [-0.1, -0.05) is 6.07 Å². The Labute approximate surface area is 168 Å². The van der Waals surface area contributed by atoms with Crippen LogP contribution in [0.5, 0.6) is 0 Å². The molecule has 1 amide bonds.